The normalized spacial score (nSPS) is 24.4. The van der Waals surface area contributed by atoms with Crippen molar-refractivity contribution < 1.29 is 23.5 Å². The number of benzene rings is 1. The Labute approximate surface area is 207 Å². The highest BCUT2D eigenvalue weighted by Gasteiger charge is 2.40. The molecule has 1 saturated heterocycles. The molecule has 1 aromatic rings. The van der Waals surface area contributed by atoms with Crippen molar-refractivity contribution in [1.82, 2.24) is 9.62 Å². The van der Waals surface area contributed by atoms with Crippen molar-refractivity contribution in [3.05, 3.63) is 23.8 Å². The number of likely N-dealkylation sites (tertiary alicyclic amines) is 1. The molecule has 2 heterocycles. The topological polar surface area (TPSA) is 186 Å². The number of nitrogens with zero attached hydrogens (tertiary/aromatic N) is 2. The van der Waals surface area contributed by atoms with Crippen LogP contribution >= 0.6 is 0 Å². The van der Waals surface area contributed by atoms with Crippen LogP contribution in [0.1, 0.15) is 45.1 Å². The third-order valence-electron chi connectivity index (χ3n) is 6.57. The SMILES string of the molecule is C[C@@H]1CCN(C(=O)[C@@H](CCCN=C(N)N)N[S+](=O)([O-])c2cccc3c2NC[C@H](C)C3)C(C(=O)O)C1. The van der Waals surface area contributed by atoms with Gasteiger partial charge in [-0.05, 0) is 55.6 Å². The number of amides is 1. The zero-order chi connectivity index (χ0) is 25.8. The summed E-state index contributed by atoms with van der Waals surface area (Å²) in [7, 11) is -4.10. The van der Waals surface area contributed by atoms with Gasteiger partial charge in [-0.25, -0.2) is 4.79 Å². The number of hydrogen-bond acceptors (Lipinski definition) is 6. The Bertz CT molecular complexity index is 1010. The third-order valence-corrected chi connectivity index (χ3v) is 8.09. The monoisotopic (exact) mass is 508 g/mol. The van der Waals surface area contributed by atoms with Crippen molar-refractivity contribution in [2.24, 2.45) is 28.3 Å². The van der Waals surface area contributed by atoms with Crippen LogP contribution in [0.25, 0.3) is 0 Å². The number of para-hydroxylation sites is 1. The molecule has 0 spiro atoms. The number of sulfonamides is 1. The van der Waals surface area contributed by atoms with E-state index in [1.165, 1.54) is 11.0 Å². The summed E-state index contributed by atoms with van der Waals surface area (Å²) < 4.78 is 29.5. The number of carboxylic acids is 1. The molecule has 2 aliphatic rings. The quantitative estimate of drug-likeness (QED) is 0.141. The van der Waals surface area contributed by atoms with Gasteiger partial charge in [0.2, 0.25) is 5.91 Å². The lowest BCUT2D eigenvalue weighted by Crippen LogP contribution is -2.57. The maximum absolute atomic E-state index is 13.5. The first kappa shape index (κ1) is 26.9. The van der Waals surface area contributed by atoms with Crippen LogP contribution in [0.5, 0.6) is 0 Å². The number of carboxylic acid groups (broad SMARTS) is 1. The molecule has 1 aromatic carbocycles. The number of aliphatic carboxylic acids is 1. The average Bonchev–Trinajstić information content (AvgIpc) is 2.79. The Morgan fingerprint density at radius 1 is 1.34 bits per heavy atom. The Morgan fingerprint density at radius 2 is 2.09 bits per heavy atom. The molecule has 1 amide bonds. The summed E-state index contributed by atoms with van der Waals surface area (Å²) in [6, 6.07) is 2.94. The maximum atomic E-state index is 13.5. The molecule has 5 atom stereocenters. The lowest BCUT2D eigenvalue weighted by Gasteiger charge is -2.38. The summed E-state index contributed by atoms with van der Waals surface area (Å²) in [4.78, 5) is 30.7. The van der Waals surface area contributed by atoms with Crippen LogP contribution in [0.15, 0.2) is 28.1 Å². The second-order valence-electron chi connectivity index (χ2n) is 9.62. The fourth-order valence-corrected chi connectivity index (χ4v) is 6.17. The first-order valence-corrected chi connectivity index (χ1v) is 13.4. The summed E-state index contributed by atoms with van der Waals surface area (Å²) in [5.41, 5.74) is 12.2. The molecule has 0 aliphatic carbocycles. The number of nitrogens with two attached hydrogens (primary N) is 2. The number of anilines is 1. The molecule has 0 radical (unpaired) electrons. The van der Waals surface area contributed by atoms with Gasteiger partial charge >= 0.3 is 5.97 Å². The van der Waals surface area contributed by atoms with Gasteiger partial charge in [0.15, 0.2) is 21.3 Å². The Hall–Kier alpha value is -2.70. The van der Waals surface area contributed by atoms with E-state index in [0.29, 0.717) is 37.4 Å². The van der Waals surface area contributed by atoms with E-state index in [2.05, 4.69) is 22.0 Å². The largest absolute Gasteiger partial charge is 0.593 e. The summed E-state index contributed by atoms with van der Waals surface area (Å²) in [5, 5.41) is 12.9. The fourth-order valence-electron chi connectivity index (χ4n) is 4.72. The molecule has 2 unspecified atom stereocenters. The predicted molar refractivity (Wildman–Crippen MR) is 133 cm³/mol. The van der Waals surface area contributed by atoms with Crippen LogP contribution in [-0.4, -0.2) is 64.1 Å². The smallest absolute Gasteiger partial charge is 0.326 e. The van der Waals surface area contributed by atoms with Crippen LogP contribution in [0.4, 0.5) is 5.69 Å². The lowest BCUT2D eigenvalue weighted by atomic mass is 9.91. The zero-order valence-corrected chi connectivity index (χ0v) is 21.1. The molecular formula is C23H36N6O5S. The highest BCUT2D eigenvalue weighted by molar-refractivity contribution is 7.96. The van der Waals surface area contributed by atoms with Crippen LogP contribution in [0.3, 0.4) is 0 Å². The Morgan fingerprint density at radius 3 is 2.77 bits per heavy atom. The molecule has 35 heavy (non-hydrogen) atoms. The van der Waals surface area contributed by atoms with Gasteiger partial charge in [0.05, 0.1) is 5.69 Å². The molecule has 0 saturated carbocycles. The van der Waals surface area contributed by atoms with Crippen LogP contribution < -0.4 is 21.5 Å². The number of hydrogen-bond donors (Lipinski definition) is 5. The Balaban J connectivity index is 1.87. The fraction of sp³-hybridized carbons (Fsp3) is 0.609. The Kier molecular flexibility index (Phi) is 8.73. The van der Waals surface area contributed by atoms with E-state index in [1.807, 2.05) is 13.0 Å². The van der Waals surface area contributed by atoms with Crippen LogP contribution in [0.2, 0.25) is 0 Å². The number of fused-ring (bicyclic) bond motifs is 1. The van der Waals surface area contributed by atoms with Crippen LogP contribution in [-0.2, 0) is 30.6 Å². The molecule has 3 rings (SSSR count). The van der Waals surface area contributed by atoms with Gasteiger partial charge in [0.25, 0.3) is 0 Å². The van der Waals surface area contributed by atoms with Gasteiger partial charge in [-0.3, -0.25) is 9.79 Å². The van der Waals surface area contributed by atoms with Crippen molar-refractivity contribution in [2.45, 2.75) is 62.9 Å². The number of guanidine groups is 1. The van der Waals surface area contributed by atoms with E-state index in [9.17, 15) is 23.5 Å². The summed E-state index contributed by atoms with van der Waals surface area (Å²) in [6.07, 6.45) is 2.17. The number of carbonyl (C=O) groups excluding carboxylic acids is 1. The minimum Gasteiger partial charge on any atom is -0.593 e. The second kappa shape index (κ2) is 11.4. The van der Waals surface area contributed by atoms with Crippen molar-refractivity contribution >= 4 is 33.9 Å². The van der Waals surface area contributed by atoms with Crippen molar-refractivity contribution in [3.63, 3.8) is 0 Å². The molecule has 2 aliphatic heterocycles. The van der Waals surface area contributed by atoms with E-state index in [4.69, 9.17) is 11.5 Å². The molecule has 1 fully saturated rings. The van der Waals surface area contributed by atoms with Gasteiger partial charge in [-0.2, -0.15) is 0 Å². The first-order valence-electron chi connectivity index (χ1n) is 12.0. The zero-order valence-electron chi connectivity index (χ0n) is 20.2. The second-order valence-corrected chi connectivity index (χ2v) is 11.3. The number of aliphatic imine (C=N–C) groups is 1. The van der Waals surface area contributed by atoms with Crippen molar-refractivity contribution in [1.29, 1.82) is 0 Å². The average molecular weight is 509 g/mol. The van der Waals surface area contributed by atoms with Crippen molar-refractivity contribution in [2.75, 3.05) is 25.0 Å². The van der Waals surface area contributed by atoms with E-state index in [-0.39, 0.29) is 36.3 Å². The van der Waals surface area contributed by atoms with E-state index in [0.717, 1.165) is 12.0 Å². The maximum Gasteiger partial charge on any atom is 0.326 e. The molecular weight excluding hydrogens is 472 g/mol. The van der Waals surface area contributed by atoms with Gasteiger partial charge in [0.1, 0.15) is 12.1 Å². The number of piperidine rings is 1. The van der Waals surface area contributed by atoms with E-state index in [1.54, 1.807) is 6.07 Å². The summed E-state index contributed by atoms with van der Waals surface area (Å²) >= 11 is 0. The first-order chi connectivity index (χ1) is 16.5. The lowest BCUT2D eigenvalue weighted by molar-refractivity contribution is -0.153. The van der Waals surface area contributed by atoms with E-state index < -0.39 is 34.4 Å². The van der Waals surface area contributed by atoms with Gasteiger partial charge in [0, 0.05) is 19.6 Å². The van der Waals surface area contributed by atoms with Gasteiger partial charge in [-0.1, -0.05) is 30.2 Å². The number of carbonyl (C=O) groups is 2. The van der Waals surface area contributed by atoms with Gasteiger partial charge < -0.3 is 31.3 Å². The number of rotatable bonds is 9. The minimum atomic E-state index is -4.10. The highest BCUT2D eigenvalue weighted by Crippen LogP contribution is 2.33. The third kappa shape index (κ3) is 6.71. The predicted octanol–water partition coefficient (Wildman–Crippen LogP) is 0.918. The highest BCUT2D eigenvalue weighted by atomic mass is 32.3. The molecule has 7 N–H and O–H groups in total. The summed E-state index contributed by atoms with van der Waals surface area (Å²) in [6.45, 7) is 5.14. The molecule has 11 nitrogen and oxygen atoms in total. The minimum absolute atomic E-state index is 0.0750. The van der Waals surface area contributed by atoms with Gasteiger partial charge in [-0.15, -0.1) is 4.72 Å². The molecule has 12 heteroatoms. The molecule has 0 bridgehead atoms. The summed E-state index contributed by atoms with van der Waals surface area (Å²) in [5.74, 6) is -1.22. The molecule has 194 valence electrons. The molecule has 0 aromatic heterocycles. The van der Waals surface area contributed by atoms with Crippen LogP contribution in [0, 0.1) is 11.8 Å². The standard InChI is InChI=1S/C23H36N6O5S/c1-14-8-10-29(18(12-14)22(31)32)21(30)17(6-4-9-26-23(24)25)28-35(33,34)19-7-3-5-16-11-15(2)13-27-20(16)19/h3,5,7,14-15,17-18H,4,6,8-13H2,1-2H3,(H7-,24,25,26,27,28,31,32,33,34)/t14-,15-,17-,18?/m1/s1. The van der Waals surface area contributed by atoms with E-state index >= 15 is 0 Å². The number of nitrogens with one attached hydrogen (secondary N) is 2. The van der Waals surface area contributed by atoms with Crippen molar-refractivity contribution in [3.8, 4) is 0 Å².